The lowest BCUT2D eigenvalue weighted by Crippen LogP contribution is -2.34. The number of hydrogen-bond donors (Lipinski definition) is 3. The van der Waals surface area contributed by atoms with Crippen LogP contribution in [0.1, 0.15) is 25.8 Å². The van der Waals surface area contributed by atoms with Crippen LogP contribution >= 0.6 is 0 Å². The van der Waals surface area contributed by atoms with Crippen LogP contribution in [0.2, 0.25) is 0 Å². The number of nitrogens with one attached hydrogen (secondary N) is 1. The number of aliphatic hydroxyl groups is 1. The van der Waals surface area contributed by atoms with Gasteiger partial charge in [0.15, 0.2) is 0 Å². The minimum atomic E-state index is 0.0164. The van der Waals surface area contributed by atoms with Crippen molar-refractivity contribution >= 4 is 11.7 Å². The maximum Gasteiger partial charge on any atom is 0.139 e. The van der Waals surface area contributed by atoms with Crippen molar-refractivity contribution in [3.8, 4) is 0 Å². The summed E-state index contributed by atoms with van der Waals surface area (Å²) < 4.78 is 0. The quantitative estimate of drug-likeness (QED) is 0.507. The average molecular weight is 236 g/mol. The van der Waals surface area contributed by atoms with Crippen LogP contribution in [0, 0.1) is 5.41 Å². The van der Waals surface area contributed by atoms with Gasteiger partial charge in [0.1, 0.15) is 11.7 Å². The zero-order chi connectivity index (χ0) is 12.8. The fraction of sp³-hybridized carbons (Fsp3) is 0.500. The van der Waals surface area contributed by atoms with Crippen LogP contribution < -0.4 is 10.6 Å². The van der Waals surface area contributed by atoms with Crippen molar-refractivity contribution in [1.82, 2.24) is 4.98 Å². The van der Waals surface area contributed by atoms with E-state index in [2.05, 4.69) is 18.8 Å². The van der Waals surface area contributed by atoms with Gasteiger partial charge in [0.25, 0.3) is 0 Å². The molecule has 0 aliphatic carbocycles. The third kappa shape index (κ3) is 3.42. The molecule has 0 aliphatic rings. The van der Waals surface area contributed by atoms with Gasteiger partial charge in [-0.15, -0.1) is 0 Å². The first-order chi connectivity index (χ1) is 8.07. The molecule has 0 aliphatic heterocycles. The van der Waals surface area contributed by atoms with Crippen molar-refractivity contribution in [3.63, 3.8) is 0 Å². The number of nitrogens with zero attached hydrogens (tertiary/aromatic N) is 2. The third-order valence-electron chi connectivity index (χ3n) is 2.53. The van der Waals surface area contributed by atoms with E-state index >= 15 is 0 Å². The number of anilines is 1. The van der Waals surface area contributed by atoms with Crippen molar-refractivity contribution in [3.05, 3.63) is 23.9 Å². The van der Waals surface area contributed by atoms with Crippen molar-refractivity contribution in [1.29, 1.82) is 5.41 Å². The molecule has 1 aromatic rings. The van der Waals surface area contributed by atoms with E-state index in [1.165, 1.54) is 0 Å². The van der Waals surface area contributed by atoms with Gasteiger partial charge in [-0.25, -0.2) is 4.98 Å². The molecule has 0 spiro atoms. The summed E-state index contributed by atoms with van der Waals surface area (Å²) in [4.78, 5) is 6.35. The minimum absolute atomic E-state index is 0.0164. The van der Waals surface area contributed by atoms with Crippen LogP contribution in [-0.2, 0) is 0 Å². The Bertz CT molecular complexity index is 379. The fourth-order valence-electron chi connectivity index (χ4n) is 1.69. The molecule has 4 N–H and O–H groups in total. The molecule has 0 saturated carbocycles. The first-order valence-corrected chi connectivity index (χ1v) is 5.74. The highest BCUT2D eigenvalue weighted by Gasteiger charge is 2.16. The molecule has 5 nitrogen and oxygen atoms in total. The first kappa shape index (κ1) is 13.4. The van der Waals surface area contributed by atoms with E-state index in [-0.39, 0.29) is 18.5 Å². The molecule has 1 heterocycles. The van der Waals surface area contributed by atoms with Gasteiger partial charge in [0.2, 0.25) is 0 Å². The standard InChI is InChI=1S/C12H20N4O/c1-9(2)16(7-4-8-17)12-10(11(13)14)5-3-6-15-12/h3,5-6,9,17H,4,7-8H2,1-2H3,(H3,13,14). The van der Waals surface area contributed by atoms with Crippen molar-refractivity contribution < 1.29 is 5.11 Å². The Labute approximate surface area is 102 Å². The van der Waals surface area contributed by atoms with E-state index in [0.717, 1.165) is 0 Å². The largest absolute Gasteiger partial charge is 0.396 e. The fourth-order valence-corrected chi connectivity index (χ4v) is 1.69. The number of pyridine rings is 1. The second kappa shape index (κ2) is 6.20. The molecule has 1 aromatic heterocycles. The molecule has 0 unspecified atom stereocenters. The average Bonchev–Trinajstić information content (AvgIpc) is 2.29. The lowest BCUT2D eigenvalue weighted by molar-refractivity contribution is 0.288. The van der Waals surface area contributed by atoms with E-state index in [1.54, 1.807) is 18.3 Å². The van der Waals surface area contributed by atoms with Crippen molar-refractivity contribution in [2.75, 3.05) is 18.1 Å². The van der Waals surface area contributed by atoms with Gasteiger partial charge in [0.05, 0.1) is 5.56 Å². The second-order valence-corrected chi connectivity index (χ2v) is 4.15. The molecule has 5 heteroatoms. The maximum absolute atomic E-state index is 8.91. The number of aromatic nitrogens is 1. The molecule has 0 amide bonds. The van der Waals surface area contributed by atoms with Crippen LogP contribution in [0.3, 0.4) is 0 Å². The van der Waals surface area contributed by atoms with E-state index in [1.807, 2.05) is 4.90 Å². The van der Waals surface area contributed by atoms with Crippen molar-refractivity contribution in [2.24, 2.45) is 5.73 Å². The molecular formula is C12H20N4O. The first-order valence-electron chi connectivity index (χ1n) is 5.74. The topological polar surface area (TPSA) is 86.2 Å². The van der Waals surface area contributed by atoms with Gasteiger partial charge >= 0.3 is 0 Å². The van der Waals surface area contributed by atoms with Gasteiger partial charge in [0, 0.05) is 25.4 Å². The number of nitrogens with two attached hydrogens (primary N) is 1. The lowest BCUT2D eigenvalue weighted by atomic mass is 10.2. The SMILES string of the molecule is CC(C)N(CCCO)c1ncccc1C(=N)N. The number of rotatable bonds is 6. The molecule has 17 heavy (non-hydrogen) atoms. The Kier molecular flexibility index (Phi) is 4.90. The molecule has 0 atom stereocenters. The second-order valence-electron chi connectivity index (χ2n) is 4.15. The third-order valence-corrected chi connectivity index (χ3v) is 2.53. The normalized spacial score (nSPS) is 10.6. The van der Waals surface area contributed by atoms with Crippen LogP contribution in [-0.4, -0.2) is 35.1 Å². The Morgan fingerprint density at radius 3 is 2.82 bits per heavy atom. The number of hydrogen-bond acceptors (Lipinski definition) is 4. The van der Waals surface area contributed by atoms with E-state index in [9.17, 15) is 0 Å². The highest BCUT2D eigenvalue weighted by molar-refractivity contribution is 5.99. The van der Waals surface area contributed by atoms with Gasteiger partial charge in [-0.3, -0.25) is 5.41 Å². The summed E-state index contributed by atoms with van der Waals surface area (Å²) in [5, 5.41) is 16.5. The highest BCUT2D eigenvalue weighted by atomic mass is 16.3. The zero-order valence-electron chi connectivity index (χ0n) is 10.3. The van der Waals surface area contributed by atoms with E-state index < -0.39 is 0 Å². The summed E-state index contributed by atoms with van der Waals surface area (Å²) in [6, 6.07) is 3.80. The predicted octanol–water partition coefficient (Wildman–Crippen LogP) is 0.963. The van der Waals surface area contributed by atoms with Gasteiger partial charge in [-0.05, 0) is 32.4 Å². The number of aliphatic hydroxyl groups excluding tert-OH is 1. The summed E-state index contributed by atoms with van der Waals surface area (Å²) >= 11 is 0. The smallest absolute Gasteiger partial charge is 0.139 e. The Morgan fingerprint density at radius 1 is 1.59 bits per heavy atom. The molecule has 1 rings (SSSR count). The zero-order valence-corrected chi connectivity index (χ0v) is 10.3. The predicted molar refractivity (Wildman–Crippen MR) is 69.4 cm³/mol. The summed E-state index contributed by atoms with van der Waals surface area (Å²) in [6.45, 7) is 4.95. The van der Waals surface area contributed by atoms with Crippen molar-refractivity contribution in [2.45, 2.75) is 26.3 Å². The molecular weight excluding hydrogens is 216 g/mol. The summed E-state index contributed by atoms with van der Waals surface area (Å²) in [6.07, 6.45) is 2.36. The van der Waals surface area contributed by atoms with Crippen LogP contribution in [0.15, 0.2) is 18.3 Å². The Morgan fingerprint density at radius 2 is 2.29 bits per heavy atom. The number of amidine groups is 1. The highest BCUT2D eigenvalue weighted by Crippen LogP contribution is 2.19. The van der Waals surface area contributed by atoms with Crippen LogP contribution in [0.5, 0.6) is 0 Å². The Hall–Kier alpha value is -1.62. The van der Waals surface area contributed by atoms with Gasteiger partial charge in [-0.2, -0.15) is 0 Å². The molecule has 0 radical (unpaired) electrons. The molecule has 0 saturated heterocycles. The number of nitrogen functional groups attached to an aromatic ring is 1. The lowest BCUT2D eigenvalue weighted by Gasteiger charge is -2.29. The molecule has 0 aromatic carbocycles. The molecule has 0 bridgehead atoms. The summed E-state index contributed by atoms with van der Waals surface area (Å²) in [5.41, 5.74) is 6.19. The maximum atomic E-state index is 8.91. The summed E-state index contributed by atoms with van der Waals surface area (Å²) in [5.74, 6) is 0.728. The van der Waals surface area contributed by atoms with Gasteiger partial charge in [-0.1, -0.05) is 0 Å². The molecule has 0 fully saturated rings. The van der Waals surface area contributed by atoms with E-state index in [4.69, 9.17) is 16.2 Å². The monoisotopic (exact) mass is 236 g/mol. The van der Waals surface area contributed by atoms with E-state index in [0.29, 0.717) is 24.3 Å². The minimum Gasteiger partial charge on any atom is -0.396 e. The van der Waals surface area contributed by atoms with Crippen LogP contribution in [0.4, 0.5) is 5.82 Å². The summed E-state index contributed by atoms with van der Waals surface area (Å²) in [7, 11) is 0. The Balaban J connectivity index is 3.04. The van der Waals surface area contributed by atoms with Gasteiger partial charge < -0.3 is 15.7 Å². The molecule has 94 valence electrons. The van der Waals surface area contributed by atoms with Crippen LogP contribution in [0.25, 0.3) is 0 Å².